The number of carbonyl (C=O) groups excluding carboxylic acids is 2. The summed E-state index contributed by atoms with van der Waals surface area (Å²) in [5, 5.41) is 50.2. The summed E-state index contributed by atoms with van der Waals surface area (Å²) in [4.78, 5) is 35.7. The summed E-state index contributed by atoms with van der Waals surface area (Å²) >= 11 is 0. The number of carbonyl (C=O) groups is 2. The van der Waals surface area contributed by atoms with Gasteiger partial charge in [-0.25, -0.2) is 4.57 Å². The Morgan fingerprint density at radius 1 is 0.500 bits per heavy atom. The minimum Gasteiger partial charge on any atom is -0.462 e. The fourth-order valence-corrected chi connectivity index (χ4v) is 8.43. The zero-order valence-corrected chi connectivity index (χ0v) is 38.4. The molecule has 0 saturated heterocycles. The molecular formula is C46H87O13P. The number of unbranched alkanes of at least 4 members (excludes halogenated alkanes) is 26. The molecule has 1 rings (SSSR count). The van der Waals surface area contributed by atoms with Crippen molar-refractivity contribution >= 4 is 19.8 Å². The Morgan fingerprint density at radius 3 is 1.27 bits per heavy atom. The van der Waals surface area contributed by atoms with Gasteiger partial charge < -0.3 is 39.9 Å². The fourth-order valence-electron chi connectivity index (χ4n) is 7.46. The molecule has 0 bridgehead atoms. The number of esters is 2. The second-order valence-corrected chi connectivity index (χ2v) is 18.4. The van der Waals surface area contributed by atoms with Crippen LogP contribution in [0.1, 0.15) is 213 Å². The smallest absolute Gasteiger partial charge is 0.462 e. The molecule has 0 aromatic rings. The predicted molar refractivity (Wildman–Crippen MR) is 235 cm³/mol. The summed E-state index contributed by atoms with van der Waals surface area (Å²) in [5.74, 6) is -1.10. The van der Waals surface area contributed by atoms with Crippen molar-refractivity contribution in [3.63, 3.8) is 0 Å². The van der Waals surface area contributed by atoms with Crippen molar-refractivity contribution in [3.05, 3.63) is 12.2 Å². The lowest BCUT2D eigenvalue weighted by Crippen LogP contribution is -2.64. The second kappa shape index (κ2) is 37.0. The van der Waals surface area contributed by atoms with Gasteiger partial charge in [-0.3, -0.25) is 18.6 Å². The van der Waals surface area contributed by atoms with Crippen LogP contribution in [0.5, 0.6) is 0 Å². The number of phosphoric ester groups is 1. The van der Waals surface area contributed by atoms with E-state index in [4.69, 9.17) is 18.5 Å². The predicted octanol–water partition coefficient (Wildman–Crippen LogP) is 9.45. The van der Waals surface area contributed by atoms with Crippen LogP contribution in [0.2, 0.25) is 0 Å². The van der Waals surface area contributed by atoms with Crippen LogP contribution in [0.15, 0.2) is 12.2 Å². The zero-order chi connectivity index (χ0) is 44.3. The average Bonchev–Trinajstić information content (AvgIpc) is 3.23. The molecule has 354 valence electrons. The topological polar surface area (TPSA) is 210 Å². The molecule has 1 aliphatic rings. The van der Waals surface area contributed by atoms with Gasteiger partial charge in [0.25, 0.3) is 0 Å². The van der Waals surface area contributed by atoms with Crippen molar-refractivity contribution < 1.29 is 63.1 Å². The van der Waals surface area contributed by atoms with Crippen LogP contribution < -0.4 is 0 Å². The van der Waals surface area contributed by atoms with Gasteiger partial charge in [0.1, 0.15) is 43.2 Å². The molecule has 13 nitrogen and oxygen atoms in total. The summed E-state index contributed by atoms with van der Waals surface area (Å²) in [5.41, 5.74) is 0. The van der Waals surface area contributed by atoms with Crippen molar-refractivity contribution in [3.8, 4) is 0 Å². The molecule has 0 amide bonds. The average molecular weight is 879 g/mol. The van der Waals surface area contributed by atoms with Crippen LogP contribution in [0, 0.1) is 0 Å². The van der Waals surface area contributed by atoms with Gasteiger partial charge in [-0.05, 0) is 38.5 Å². The molecule has 6 unspecified atom stereocenters. The highest BCUT2D eigenvalue weighted by Gasteiger charge is 2.51. The van der Waals surface area contributed by atoms with Crippen molar-refractivity contribution in [2.75, 3.05) is 13.2 Å². The van der Waals surface area contributed by atoms with Crippen LogP contribution in [0.25, 0.3) is 0 Å². The van der Waals surface area contributed by atoms with E-state index in [1.54, 1.807) is 0 Å². The molecule has 0 aromatic heterocycles. The van der Waals surface area contributed by atoms with E-state index < -0.39 is 75.7 Å². The molecule has 1 saturated carbocycles. The van der Waals surface area contributed by atoms with E-state index in [1.165, 1.54) is 116 Å². The number of hydrogen-bond acceptors (Lipinski definition) is 12. The van der Waals surface area contributed by atoms with Crippen LogP contribution in [-0.4, -0.2) is 98.3 Å². The molecule has 1 fully saturated rings. The normalized spacial score (nSPS) is 22.2. The minimum absolute atomic E-state index is 0.0910. The molecule has 0 radical (unpaired) electrons. The first kappa shape index (κ1) is 56.6. The standard InChI is InChI=1S/C46H87O13P/c1-3-5-7-9-11-13-15-17-19-21-23-25-27-29-31-33-35-40(48)58-38(37-57-60(54,55)59-46-44(52)42(50)41(49)43(51)45(46)53)36-56-39(47)34-32-30-28-26-24-22-20-18-16-14-12-10-8-6-4-2/h19,21,38,41-46,49-53H,3-18,20,22-37H2,1-2H3,(H,54,55)/b21-19-/t38-,41?,42-,43?,44?,45?,46?/m1/s1. The van der Waals surface area contributed by atoms with E-state index in [0.717, 1.165) is 57.8 Å². The van der Waals surface area contributed by atoms with E-state index in [2.05, 4.69) is 26.0 Å². The molecule has 8 atom stereocenters. The van der Waals surface area contributed by atoms with E-state index >= 15 is 0 Å². The number of allylic oxidation sites excluding steroid dienone is 2. The Bertz CT molecular complexity index is 1110. The van der Waals surface area contributed by atoms with Gasteiger partial charge in [-0.2, -0.15) is 0 Å². The molecule has 0 aromatic carbocycles. The van der Waals surface area contributed by atoms with Gasteiger partial charge in [0, 0.05) is 12.8 Å². The molecule has 0 heterocycles. The van der Waals surface area contributed by atoms with Crippen LogP contribution in [0.4, 0.5) is 0 Å². The van der Waals surface area contributed by atoms with E-state index in [9.17, 15) is 44.6 Å². The summed E-state index contributed by atoms with van der Waals surface area (Å²) < 4.78 is 33.5. The molecule has 6 N–H and O–H groups in total. The first-order chi connectivity index (χ1) is 28.9. The first-order valence-corrected chi connectivity index (χ1v) is 25.5. The summed E-state index contributed by atoms with van der Waals surface area (Å²) in [6.07, 6.45) is 25.5. The highest BCUT2D eigenvalue weighted by molar-refractivity contribution is 7.47. The SMILES string of the molecule is CCCCCCCCC/C=C\CCCCCCCC(=O)O[C@H](COC(=O)CCCCCCCCCCCCCCCCC)COP(=O)(O)OC1C(O)C(O)C(O)[C@@H](O)C1O. The lowest BCUT2D eigenvalue weighted by Gasteiger charge is -2.41. The molecule has 60 heavy (non-hydrogen) atoms. The van der Waals surface area contributed by atoms with Crippen LogP contribution in [0.3, 0.4) is 0 Å². The number of aliphatic hydroxyl groups excluding tert-OH is 5. The van der Waals surface area contributed by atoms with Crippen molar-refractivity contribution in [2.45, 2.75) is 256 Å². The molecule has 14 heteroatoms. The summed E-state index contributed by atoms with van der Waals surface area (Å²) in [6.45, 7) is 3.31. The maximum atomic E-state index is 12.8. The lowest BCUT2D eigenvalue weighted by molar-refractivity contribution is -0.220. The largest absolute Gasteiger partial charge is 0.472 e. The Labute approximate surface area is 363 Å². The maximum absolute atomic E-state index is 12.8. The lowest BCUT2D eigenvalue weighted by atomic mass is 9.85. The van der Waals surface area contributed by atoms with Crippen LogP contribution in [-0.2, 0) is 32.7 Å². The number of aliphatic hydroxyl groups is 5. The maximum Gasteiger partial charge on any atom is 0.472 e. The third-order valence-corrected chi connectivity index (χ3v) is 12.3. The number of ether oxygens (including phenoxy) is 2. The minimum atomic E-state index is -5.11. The third kappa shape index (κ3) is 29.0. The molecule has 1 aliphatic carbocycles. The Hall–Kier alpha value is -1.41. The van der Waals surface area contributed by atoms with E-state index in [-0.39, 0.29) is 12.8 Å². The highest BCUT2D eigenvalue weighted by atomic mass is 31.2. The molecular weight excluding hydrogens is 791 g/mol. The van der Waals surface area contributed by atoms with Crippen molar-refractivity contribution in [1.29, 1.82) is 0 Å². The van der Waals surface area contributed by atoms with Gasteiger partial charge in [-0.1, -0.05) is 174 Å². The number of rotatable bonds is 40. The molecule has 0 aliphatic heterocycles. The molecule has 0 spiro atoms. The zero-order valence-electron chi connectivity index (χ0n) is 37.5. The van der Waals surface area contributed by atoms with Crippen molar-refractivity contribution in [2.24, 2.45) is 0 Å². The Balaban J connectivity index is 2.44. The first-order valence-electron chi connectivity index (χ1n) is 24.0. The summed E-state index contributed by atoms with van der Waals surface area (Å²) in [7, 11) is -5.11. The summed E-state index contributed by atoms with van der Waals surface area (Å²) in [6, 6.07) is 0. The van der Waals surface area contributed by atoms with E-state index in [0.29, 0.717) is 12.8 Å². The van der Waals surface area contributed by atoms with Gasteiger partial charge >= 0.3 is 19.8 Å². The van der Waals surface area contributed by atoms with E-state index in [1.807, 2.05) is 0 Å². The van der Waals surface area contributed by atoms with Gasteiger partial charge in [0.15, 0.2) is 6.10 Å². The Morgan fingerprint density at radius 2 is 0.850 bits per heavy atom. The third-order valence-electron chi connectivity index (χ3n) is 11.4. The van der Waals surface area contributed by atoms with Gasteiger partial charge in [0.2, 0.25) is 0 Å². The quantitative estimate of drug-likeness (QED) is 0.0147. The van der Waals surface area contributed by atoms with Gasteiger partial charge in [-0.15, -0.1) is 0 Å². The van der Waals surface area contributed by atoms with Crippen LogP contribution >= 0.6 is 7.82 Å². The monoisotopic (exact) mass is 879 g/mol. The van der Waals surface area contributed by atoms with Crippen molar-refractivity contribution in [1.82, 2.24) is 0 Å². The number of hydrogen-bond donors (Lipinski definition) is 6. The fraction of sp³-hybridized carbons (Fsp3) is 0.913. The number of phosphoric acid groups is 1. The Kier molecular flexibility index (Phi) is 34.9. The van der Waals surface area contributed by atoms with Gasteiger partial charge in [0.05, 0.1) is 6.61 Å². The second-order valence-electron chi connectivity index (χ2n) is 17.0. The highest BCUT2D eigenvalue weighted by Crippen LogP contribution is 2.47.